The van der Waals surface area contributed by atoms with Gasteiger partial charge in [0, 0.05) is 23.5 Å². The Morgan fingerprint density at radius 2 is 1.60 bits per heavy atom. The summed E-state index contributed by atoms with van der Waals surface area (Å²) in [5.41, 5.74) is 2.03. The van der Waals surface area contributed by atoms with Crippen LogP contribution in [0.3, 0.4) is 0 Å². The van der Waals surface area contributed by atoms with E-state index in [4.69, 9.17) is 16.1 Å². The lowest BCUT2D eigenvalue weighted by Crippen LogP contribution is -2.13. The van der Waals surface area contributed by atoms with Crippen LogP contribution in [0.15, 0.2) is 77.6 Å². The fourth-order valence-corrected chi connectivity index (χ4v) is 3.26. The van der Waals surface area contributed by atoms with E-state index in [1.54, 1.807) is 67.0 Å². The Morgan fingerprint density at radius 1 is 0.933 bits per heavy atom. The molecule has 148 valence electrons. The molecule has 0 saturated carbocycles. The summed E-state index contributed by atoms with van der Waals surface area (Å²) in [7, 11) is 0. The zero-order chi connectivity index (χ0) is 21.1. The highest BCUT2D eigenvalue weighted by Crippen LogP contribution is 2.39. The molecule has 7 nitrogen and oxygen atoms in total. The lowest BCUT2D eigenvalue weighted by molar-refractivity contribution is 0.0697. The van der Waals surface area contributed by atoms with E-state index in [0.717, 1.165) is 0 Å². The predicted octanol–water partition coefficient (Wildman–Crippen LogP) is 5.01. The number of carbonyl (C=O) groups excluding carboxylic acids is 1. The number of pyridine rings is 1. The van der Waals surface area contributed by atoms with Gasteiger partial charge >= 0.3 is 5.97 Å². The molecule has 2 heterocycles. The van der Waals surface area contributed by atoms with E-state index in [1.807, 2.05) is 0 Å². The second kappa shape index (κ2) is 8.18. The van der Waals surface area contributed by atoms with Gasteiger partial charge in [-0.05, 0) is 30.3 Å². The second-order valence-corrected chi connectivity index (χ2v) is 6.66. The van der Waals surface area contributed by atoms with Crippen molar-refractivity contribution < 1.29 is 19.2 Å². The molecule has 1 amide bonds. The first-order valence-corrected chi connectivity index (χ1v) is 9.22. The first-order valence-electron chi connectivity index (χ1n) is 8.85. The molecular weight excluding hydrogens is 406 g/mol. The number of amides is 1. The van der Waals surface area contributed by atoms with Crippen molar-refractivity contribution in [3.05, 3.63) is 89.2 Å². The smallest absolute Gasteiger partial charge is 0.336 e. The lowest BCUT2D eigenvalue weighted by atomic mass is 9.97. The van der Waals surface area contributed by atoms with Crippen molar-refractivity contribution >= 4 is 29.4 Å². The maximum absolute atomic E-state index is 12.8. The van der Waals surface area contributed by atoms with Gasteiger partial charge in [0.2, 0.25) is 5.88 Å². The van der Waals surface area contributed by atoms with Gasteiger partial charge in [-0.25, -0.2) is 4.79 Å². The SMILES string of the molecule is O=C(Nc1onc(-c2ccncc2)c1-c1ccccc1C(=O)O)c1ccccc1Cl. The van der Waals surface area contributed by atoms with E-state index in [1.165, 1.54) is 6.07 Å². The van der Waals surface area contributed by atoms with Crippen LogP contribution in [-0.4, -0.2) is 27.1 Å². The minimum absolute atomic E-state index is 0.0143. The van der Waals surface area contributed by atoms with Crippen LogP contribution in [0.2, 0.25) is 5.02 Å². The number of aromatic carboxylic acids is 1. The summed E-state index contributed by atoms with van der Waals surface area (Å²) >= 11 is 6.12. The Bertz CT molecular complexity index is 1240. The molecule has 0 unspecified atom stereocenters. The minimum Gasteiger partial charge on any atom is -0.478 e. The number of carboxylic acids is 1. The summed E-state index contributed by atoms with van der Waals surface area (Å²) < 4.78 is 5.43. The highest BCUT2D eigenvalue weighted by molar-refractivity contribution is 6.34. The van der Waals surface area contributed by atoms with Crippen LogP contribution in [0.25, 0.3) is 22.4 Å². The largest absolute Gasteiger partial charge is 0.478 e. The van der Waals surface area contributed by atoms with Crippen LogP contribution in [0.1, 0.15) is 20.7 Å². The molecule has 4 rings (SSSR count). The van der Waals surface area contributed by atoms with E-state index in [0.29, 0.717) is 22.4 Å². The summed E-state index contributed by atoms with van der Waals surface area (Å²) in [6.45, 7) is 0. The van der Waals surface area contributed by atoms with Crippen LogP contribution in [0.5, 0.6) is 0 Å². The number of anilines is 1. The van der Waals surface area contributed by atoms with Crippen molar-refractivity contribution in [3.8, 4) is 22.4 Å². The van der Waals surface area contributed by atoms with Crippen LogP contribution < -0.4 is 5.32 Å². The quantitative estimate of drug-likeness (QED) is 0.471. The molecule has 8 heteroatoms. The van der Waals surface area contributed by atoms with Gasteiger partial charge in [0.25, 0.3) is 5.91 Å². The number of benzene rings is 2. The van der Waals surface area contributed by atoms with E-state index in [9.17, 15) is 14.7 Å². The van der Waals surface area contributed by atoms with Gasteiger partial charge in [0.15, 0.2) is 0 Å². The van der Waals surface area contributed by atoms with Crippen LogP contribution in [-0.2, 0) is 0 Å². The third-order valence-corrected chi connectivity index (χ3v) is 4.75. The zero-order valence-electron chi connectivity index (χ0n) is 15.4. The molecule has 0 atom stereocenters. The number of carboxylic acid groups (broad SMARTS) is 1. The molecule has 2 aromatic carbocycles. The van der Waals surface area contributed by atoms with Crippen molar-refractivity contribution in [2.75, 3.05) is 5.32 Å². The lowest BCUT2D eigenvalue weighted by Gasteiger charge is -2.09. The van der Waals surface area contributed by atoms with Gasteiger partial charge in [-0.1, -0.05) is 47.1 Å². The van der Waals surface area contributed by atoms with Gasteiger partial charge in [-0.3, -0.25) is 15.1 Å². The summed E-state index contributed by atoms with van der Waals surface area (Å²) in [5.74, 6) is -1.61. The average molecular weight is 420 g/mol. The van der Waals surface area contributed by atoms with Crippen molar-refractivity contribution in [2.24, 2.45) is 0 Å². The highest BCUT2D eigenvalue weighted by atomic mass is 35.5. The highest BCUT2D eigenvalue weighted by Gasteiger charge is 2.25. The Labute approximate surface area is 175 Å². The van der Waals surface area contributed by atoms with Gasteiger partial charge in [0.1, 0.15) is 5.69 Å². The maximum Gasteiger partial charge on any atom is 0.336 e. The molecule has 30 heavy (non-hydrogen) atoms. The summed E-state index contributed by atoms with van der Waals surface area (Å²) in [6.07, 6.45) is 3.16. The Kier molecular flexibility index (Phi) is 5.28. The number of rotatable bonds is 5. The molecule has 0 aliphatic heterocycles. The number of aromatic nitrogens is 2. The molecule has 0 fully saturated rings. The molecule has 0 bridgehead atoms. The summed E-state index contributed by atoms with van der Waals surface area (Å²) in [5, 5.41) is 16.7. The standard InChI is InChI=1S/C22H14ClN3O4/c23-17-8-4-3-7-16(17)20(27)25-21-18(14-5-1-2-6-15(14)22(28)29)19(26-30-21)13-9-11-24-12-10-13/h1-12H,(H,25,27)(H,28,29). The van der Waals surface area contributed by atoms with Crippen molar-refractivity contribution in [1.82, 2.24) is 10.1 Å². The first-order chi connectivity index (χ1) is 14.6. The number of nitrogens with zero attached hydrogens (tertiary/aromatic N) is 2. The molecule has 2 N–H and O–H groups in total. The normalized spacial score (nSPS) is 10.6. The summed E-state index contributed by atoms with van der Waals surface area (Å²) in [4.78, 5) is 28.6. The number of hydrogen-bond acceptors (Lipinski definition) is 5. The van der Waals surface area contributed by atoms with E-state index >= 15 is 0 Å². The topological polar surface area (TPSA) is 105 Å². The number of carbonyl (C=O) groups is 2. The Hall–Kier alpha value is -3.97. The van der Waals surface area contributed by atoms with Crippen LogP contribution in [0.4, 0.5) is 5.88 Å². The van der Waals surface area contributed by atoms with E-state index in [-0.39, 0.29) is 22.0 Å². The van der Waals surface area contributed by atoms with Crippen molar-refractivity contribution in [2.45, 2.75) is 0 Å². The predicted molar refractivity (Wildman–Crippen MR) is 112 cm³/mol. The molecular formula is C22H14ClN3O4. The zero-order valence-corrected chi connectivity index (χ0v) is 16.1. The number of hydrogen-bond donors (Lipinski definition) is 2. The van der Waals surface area contributed by atoms with Gasteiger partial charge in [-0.2, -0.15) is 0 Å². The minimum atomic E-state index is -1.11. The molecule has 2 aromatic heterocycles. The monoisotopic (exact) mass is 419 g/mol. The molecule has 4 aromatic rings. The molecule has 0 aliphatic rings. The second-order valence-electron chi connectivity index (χ2n) is 6.26. The van der Waals surface area contributed by atoms with Gasteiger partial charge < -0.3 is 9.63 Å². The number of halogens is 1. The van der Waals surface area contributed by atoms with Crippen LogP contribution >= 0.6 is 11.6 Å². The van der Waals surface area contributed by atoms with E-state index in [2.05, 4.69) is 15.5 Å². The van der Waals surface area contributed by atoms with Gasteiger partial charge in [0.05, 0.1) is 21.7 Å². The van der Waals surface area contributed by atoms with Crippen LogP contribution in [0, 0.1) is 0 Å². The first kappa shape index (κ1) is 19.4. The third-order valence-electron chi connectivity index (χ3n) is 4.42. The third kappa shape index (κ3) is 3.66. The van der Waals surface area contributed by atoms with Crippen molar-refractivity contribution in [3.63, 3.8) is 0 Å². The van der Waals surface area contributed by atoms with Gasteiger partial charge in [-0.15, -0.1) is 0 Å². The Balaban J connectivity index is 1.87. The average Bonchev–Trinajstić information content (AvgIpc) is 3.17. The molecule has 0 radical (unpaired) electrons. The summed E-state index contributed by atoms with van der Waals surface area (Å²) in [6, 6.07) is 16.4. The fourth-order valence-electron chi connectivity index (χ4n) is 3.04. The van der Waals surface area contributed by atoms with E-state index < -0.39 is 11.9 Å². The maximum atomic E-state index is 12.8. The molecule has 0 saturated heterocycles. The fraction of sp³-hybridized carbons (Fsp3) is 0. The molecule has 0 spiro atoms. The Morgan fingerprint density at radius 3 is 2.30 bits per heavy atom. The van der Waals surface area contributed by atoms with Crippen molar-refractivity contribution in [1.29, 1.82) is 0 Å². The number of nitrogens with one attached hydrogen (secondary N) is 1. The molecule has 0 aliphatic carbocycles.